The SMILES string of the molecule is N#CC1=C(N)Oc2cc(OC(=O)c3cccc4ccccc34)ccc2C1c1ccc(OCc2ccc(F)cc2)cc1. The lowest BCUT2D eigenvalue weighted by Crippen LogP contribution is -2.21. The lowest BCUT2D eigenvalue weighted by atomic mass is 9.83. The minimum absolute atomic E-state index is 0.0147. The zero-order valence-electron chi connectivity index (χ0n) is 21.7. The van der Waals surface area contributed by atoms with Crippen LogP contribution >= 0.6 is 0 Å². The second-order valence-corrected chi connectivity index (χ2v) is 9.52. The summed E-state index contributed by atoms with van der Waals surface area (Å²) in [5.74, 6) is 0.00932. The highest BCUT2D eigenvalue weighted by Crippen LogP contribution is 2.43. The van der Waals surface area contributed by atoms with Gasteiger partial charge in [-0.3, -0.25) is 0 Å². The van der Waals surface area contributed by atoms with Crippen LogP contribution in [0.25, 0.3) is 10.8 Å². The van der Waals surface area contributed by atoms with Crippen molar-refractivity contribution in [1.82, 2.24) is 0 Å². The number of ether oxygens (including phenoxy) is 3. The van der Waals surface area contributed by atoms with Gasteiger partial charge in [0.2, 0.25) is 5.88 Å². The molecule has 6 rings (SSSR count). The Kier molecular flexibility index (Phi) is 6.80. The number of benzene rings is 5. The third-order valence-electron chi connectivity index (χ3n) is 6.94. The number of rotatable bonds is 6. The Morgan fingerprint density at radius 1 is 0.902 bits per heavy atom. The van der Waals surface area contributed by atoms with Crippen molar-refractivity contribution in [3.63, 3.8) is 0 Å². The second kappa shape index (κ2) is 10.9. The van der Waals surface area contributed by atoms with Gasteiger partial charge in [0.25, 0.3) is 0 Å². The molecule has 1 heterocycles. The van der Waals surface area contributed by atoms with Crippen LogP contribution in [0.15, 0.2) is 121 Å². The molecule has 0 radical (unpaired) electrons. The number of allylic oxidation sites excluding steroid dienone is 1. The van der Waals surface area contributed by atoms with E-state index in [1.807, 2.05) is 48.5 Å². The lowest BCUT2D eigenvalue weighted by Gasteiger charge is -2.27. The van der Waals surface area contributed by atoms with Crippen LogP contribution in [0.1, 0.15) is 33.0 Å². The van der Waals surface area contributed by atoms with E-state index in [9.17, 15) is 14.4 Å². The maximum Gasteiger partial charge on any atom is 0.344 e. The summed E-state index contributed by atoms with van der Waals surface area (Å²) < 4.78 is 30.5. The first-order chi connectivity index (χ1) is 20.0. The van der Waals surface area contributed by atoms with Gasteiger partial charge in [-0.1, -0.05) is 66.7 Å². The molecular formula is C34H23FN2O4. The summed E-state index contributed by atoms with van der Waals surface area (Å²) in [6.07, 6.45) is 0. The number of carbonyl (C=O) groups excluding carboxylic acids is 1. The summed E-state index contributed by atoms with van der Waals surface area (Å²) in [5.41, 5.74) is 9.25. The molecular weight excluding hydrogens is 519 g/mol. The van der Waals surface area contributed by atoms with Crippen LogP contribution in [0.5, 0.6) is 17.2 Å². The number of halogens is 1. The van der Waals surface area contributed by atoms with Crippen molar-refractivity contribution < 1.29 is 23.4 Å². The molecule has 0 fully saturated rings. The zero-order valence-corrected chi connectivity index (χ0v) is 21.7. The van der Waals surface area contributed by atoms with E-state index in [-0.39, 0.29) is 29.6 Å². The van der Waals surface area contributed by atoms with Gasteiger partial charge in [-0.2, -0.15) is 5.26 Å². The van der Waals surface area contributed by atoms with E-state index >= 15 is 0 Å². The summed E-state index contributed by atoms with van der Waals surface area (Å²) in [6.45, 7) is 0.288. The van der Waals surface area contributed by atoms with Gasteiger partial charge in [-0.05, 0) is 58.3 Å². The normalized spacial score (nSPS) is 14.1. The van der Waals surface area contributed by atoms with Crippen molar-refractivity contribution in [2.24, 2.45) is 5.73 Å². The summed E-state index contributed by atoms with van der Waals surface area (Å²) in [6, 6.07) is 33.7. The van der Waals surface area contributed by atoms with E-state index in [4.69, 9.17) is 19.9 Å². The van der Waals surface area contributed by atoms with Gasteiger partial charge in [0.15, 0.2) is 0 Å². The van der Waals surface area contributed by atoms with E-state index in [1.54, 1.807) is 48.5 Å². The molecule has 6 nitrogen and oxygen atoms in total. The number of nitrogens with zero attached hydrogens (tertiary/aromatic N) is 1. The molecule has 2 N–H and O–H groups in total. The van der Waals surface area contributed by atoms with Crippen LogP contribution in [-0.2, 0) is 6.61 Å². The van der Waals surface area contributed by atoms with E-state index < -0.39 is 11.9 Å². The molecule has 41 heavy (non-hydrogen) atoms. The van der Waals surface area contributed by atoms with Crippen LogP contribution < -0.4 is 19.9 Å². The van der Waals surface area contributed by atoms with E-state index in [0.717, 1.165) is 21.9 Å². The van der Waals surface area contributed by atoms with Crippen LogP contribution in [0.4, 0.5) is 4.39 Å². The topological polar surface area (TPSA) is 94.6 Å². The van der Waals surface area contributed by atoms with Gasteiger partial charge >= 0.3 is 5.97 Å². The number of hydrogen-bond donors (Lipinski definition) is 1. The molecule has 1 aliphatic heterocycles. The van der Waals surface area contributed by atoms with E-state index in [0.29, 0.717) is 22.6 Å². The van der Waals surface area contributed by atoms with Gasteiger partial charge in [0, 0.05) is 11.6 Å². The fourth-order valence-electron chi connectivity index (χ4n) is 4.91. The molecule has 1 aliphatic rings. The predicted molar refractivity (Wildman–Crippen MR) is 152 cm³/mol. The summed E-state index contributed by atoms with van der Waals surface area (Å²) in [7, 11) is 0. The molecule has 0 amide bonds. The van der Waals surface area contributed by atoms with Crippen molar-refractivity contribution in [2.45, 2.75) is 12.5 Å². The quantitative estimate of drug-likeness (QED) is 0.183. The minimum atomic E-state index is -0.494. The Morgan fingerprint density at radius 3 is 2.41 bits per heavy atom. The van der Waals surface area contributed by atoms with Crippen molar-refractivity contribution in [3.8, 4) is 23.3 Å². The second-order valence-electron chi connectivity index (χ2n) is 9.52. The smallest absolute Gasteiger partial charge is 0.344 e. The highest BCUT2D eigenvalue weighted by molar-refractivity contribution is 6.05. The Bertz CT molecular complexity index is 1840. The number of hydrogen-bond acceptors (Lipinski definition) is 6. The van der Waals surface area contributed by atoms with Crippen molar-refractivity contribution in [3.05, 3.63) is 149 Å². The predicted octanol–water partition coefficient (Wildman–Crippen LogP) is 7.00. The van der Waals surface area contributed by atoms with Gasteiger partial charge in [-0.15, -0.1) is 0 Å². The number of nitrogens with two attached hydrogens (primary N) is 1. The van der Waals surface area contributed by atoms with Crippen molar-refractivity contribution in [1.29, 1.82) is 5.26 Å². The fraction of sp³-hybridized carbons (Fsp3) is 0.0588. The summed E-state index contributed by atoms with van der Waals surface area (Å²) >= 11 is 0. The van der Waals surface area contributed by atoms with Crippen LogP contribution in [0.3, 0.4) is 0 Å². The van der Waals surface area contributed by atoms with E-state index in [1.165, 1.54) is 12.1 Å². The molecule has 0 saturated carbocycles. The minimum Gasteiger partial charge on any atom is -0.489 e. The highest BCUT2D eigenvalue weighted by atomic mass is 19.1. The molecule has 200 valence electrons. The maximum absolute atomic E-state index is 13.2. The maximum atomic E-state index is 13.2. The van der Waals surface area contributed by atoms with Gasteiger partial charge in [0.05, 0.1) is 11.5 Å². The van der Waals surface area contributed by atoms with Crippen LogP contribution in [-0.4, -0.2) is 5.97 Å². The molecule has 5 aromatic carbocycles. The zero-order chi connectivity index (χ0) is 28.3. The standard InChI is InChI=1S/C34H23FN2O4/c35-24-12-8-21(9-13-24)20-39-25-14-10-23(11-15-25)32-29-17-16-26(18-31(29)41-33(37)30(32)19-36)40-34(38)28-7-3-5-22-4-1-2-6-27(22)28/h1-18,32H,20,37H2. The molecule has 1 atom stereocenters. The summed E-state index contributed by atoms with van der Waals surface area (Å²) in [4.78, 5) is 13.1. The molecule has 0 saturated heterocycles. The van der Waals surface area contributed by atoms with Gasteiger partial charge in [0.1, 0.15) is 41.3 Å². The monoisotopic (exact) mass is 542 g/mol. The van der Waals surface area contributed by atoms with Crippen LogP contribution in [0, 0.1) is 17.1 Å². The first kappa shape index (κ1) is 25.7. The van der Waals surface area contributed by atoms with Crippen molar-refractivity contribution >= 4 is 16.7 Å². The number of esters is 1. The van der Waals surface area contributed by atoms with Crippen LogP contribution in [0.2, 0.25) is 0 Å². The first-order valence-corrected chi connectivity index (χ1v) is 12.9. The van der Waals surface area contributed by atoms with E-state index in [2.05, 4.69) is 6.07 Å². The van der Waals surface area contributed by atoms with Gasteiger partial charge < -0.3 is 19.9 Å². The number of carbonyl (C=O) groups is 1. The third kappa shape index (κ3) is 5.19. The number of fused-ring (bicyclic) bond motifs is 2. The molecule has 5 aromatic rings. The Hall–Kier alpha value is -5.61. The molecule has 0 bridgehead atoms. The highest BCUT2D eigenvalue weighted by Gasteiger charge is 2.31. The molecule has 0 aromatic heterocycles. The first-order valence-electron chi connectivity index (χ1n) is 12.9. The molecule has 0 spiro atoms. The summed E-state index contributed by atoms with van der Waals surface area (Å²) in [5, 5.41) is 11.6. The van der Waals surface area contributed by atoms with Crippen molar-refractivity contribution in [2.75, 3.05) is 0 Å². The lowest BCUT2D eigenvalue weighted by molar-refractivity contribution is 0.0736. The third-order valence-corrected chi connectivity index (χ3v) is 6.94. The number of nitriles is 1. The Balaban J connectivity index is 1.24. The Morgan fingerprint density at radius 2 is 1.63 bits per heavy atom. The fourth-order valence-corrected chi connectivity index (χ4v) is 4.91. The van der Waals surface area contributed by atoms with Gasteiger partial charge in [-0.25, -0.2) is 9.18 Å². The average Bonchev–Trinajstić information content (AvgIpc) is 3.00. The molecule has 0 aliphatic carbocycles. The largest absolute Gasteiger partial charge is 0.489 e. The molecule has 1 unspecified atom stereocenters. The Labute approximate surface area is 235 Å². The molecule has 7 heteroatoms. The average molecular weight is 543 g/mol.